The molecule has 0 amide bonds. The van der Waals surface area contributed by atoms with Crippen LogP contribution in [0.25, 0.3) is 0 Å². The number of fused-ring (bicyclic) bond motifs is 2. The molecule has 0 aliphatic carbocycles. The number of hydrogen-bond donors (Lipinski definition) is 0. The van der Waals surface area contributed by atoms with Gasteiger partial charge in [-0.1, -0.05) is 291 Å². The summed E-state index contributed by atoms with van der Waals surface area (Å²) < 4.78 is 16.9. The van der Waals surface area contributed by atoms with Crippen LogP contribution in [0.5, 0.6) is 0 Å². The number of rotatable bonds is 11. The van der Waals surface area contributed by atoms with Gasteiger partial charge in [0.25, 0.3) is 0 Å². The molecule has 2 aliphatic rings. The molecule has 0 saturated heterocycles. The van der Waals surface area contributed by atoms with Crippen LogP contribution < -0.4 is 9.80 Å². The Morgan fingerprint density at radius 3 is 0.581 bits per heavy atom. The standard InChI is InChI=1S/C71H53FN2/c72-52-53-49-62(73-68(54-29-9-1-10-30-54,55-31-11-2-12-32-55)64-45-25-26-46-65(64)69(73,56-33-13-3-14-34-56)57-35-15-4-16-36-57)51-63(50-53)74-70(58-37-17-5-18-38-58,59-39-19-6-20-40-59)66-47-27-28-48-67(66)71(74,60-41-21-7-22-42-60)61-43-23-8-24-44-61/h1-51H,52H2. The molecule has 11 aromatic rings. The Labute approximate surface area is 434 Å². The second-order valence-electron chi connectivity index (χ2n) is 19.5. The Morgan fingerprint density at radius 1 is 0.230 bits per heavy atom. The fraction of sp³-hybridized carbons (Fsp3) is 0.0704. The predicted octanol–water partition coefficient (Wildman–Crippen LogP) is 16.4. The van der Waals surface area contributed by atoms with Crippen molar-refractivity contribution in [3.63, 3.8) is 0 Å². The molecule has 0 atom stereocenters. The summed E-state index contributed by atoms with van der Waals surface area (Å²) in [5.41, 5.74) is 11.8. The molecule has 2 aliphatic heterocycles. The first-order valence-electron chi connectivity index (χ1n) is 25.6. The Morgan fingerprint density at radius 2 is 0.405 bits per heavy atom. The fourth-order valence-electron chi connectivity index (χ4n) is 13.4. The van der Waals surface area contributed by atoms with Gasteiger partial charge in [0.05, 0.1) is 0 Å². The van der Waals surface area contributed by atoms with Crippen LogP contribution in [0.4, 0.5) is 15.8 Å². The molecule has 0 N–H and O–H groups in total. The van der Waals surface area contributed by atoms with Crippen molar-refractivity contribution in [3.8, 4) is 0 Å². The molecule has 74 heavy (non-hydrogen) atoms. The van der Waals surface area contributed by atoms with Crippen LogP contribution in [-0.2, 0) is 28.8 Å². The Bertz CT molecular complexity index is 3080. The van der Waals surface area contributed by atoms with Crippen molar-refractivity contribution in [1.82, 2.24) is 0 Å². The largest absolute Gasteiger partial charge is 0.336 e. The van der Waals surface area contributed by atoms with E-state index >= 15 is 4.39 Å². The summed E-state index contributed by atoms with van der Waals surface area (Å²) in [6.07, 6.45) is 0. The smallest absolute Gasteiger partial charge is 0.118 e. The Balaban J connectivity index is 1.25. The second kappa shape index (κ2) is 18.2. The second-order valence-corrected chi connectivity index (χ2v) is 19.5. The molecule has 0 fully saturated rings. The highest BCUT2D eigenvalue weighted by atomic mass is 19.1. The van der Waals surface area contributed by atoms with Gasteiger partial charge in [-0.2, -0.15) is 0 Å². The average Bonchev–Trinajstić information content (AvgIpc) is 3.96. The third-order valence-electron chi connectivity index (χ3n) is 15.9. The van der Waals surface area contributed by atoms with Crippen molar-refractivity contribution in [2.45, 2.75) is 28.8 Å². The van der Waals surface area contributed by atoms with Gasteiger partial charge in [0.1, 0.15) is 28.8 Å². The zero-order valence-corrected chi connectivity index (χ0v) is 40.9. The molecule has 0 unspecified atom stereocenters. The lowest BCUT2D eigenvalue weighted by molar-refractivity contribution is 0.476. The van der Waals surface area contributed by atoms with Gasteiger partial charge in [0.15, 0.2) is 0 Å². The normalized spacial score (nSPS) is 15.5. The van der Waals surface area contributed by atoms with Gasteiger partial charge in [0.2, 0.25) is 0 Å². The highest BCUT2D eigenvalue weighted by Crippen LogP contribution is 2.66. The summed E-state index contributed by atoms with van der Waals surface area (Å²) in [6.45, 7) is -0.691. The summed E-state index contributed by atoms with van der Waals surface area (Å²) in [6, 6.07) is 112. The number of halogens is 1. The fourth-order valence-corrected chi connectivity index (χ4v) is 13.4. The van der Waals surface area contributed by atoms with E-state index in [0.717, 1.165) is 78.1 Å². The zero-order valence-electron chi connectivity index (χ0n) is 40.9. The summed E-state index contributed by atoms with van der Waals surface area (Å²) >= 11 is 0. The molecule has 2 nitrogen and oxygen atoms in total. The van der Waals surface area contributed by atoms with Crippen LogP contribution in [-0.4, -0.2) is 0 Å². The van der Waals surface area contributed by atoms with Crippen LogP contribution in [0.15, 0.2) is 309 Å². The van der Waals surface area contributed by atoms with Crippen LogP contribution in [0, 0.1) is 0 Å². The highest BCUT2D eigenvalue weighted by molar-refractivity contribution is 5.84. The van der Waals surface area contributed by atoms with E-state index in [-0.39, 0.29) is 0 Å². The first-order chi connectivity index (χ1) is 36.7. The molecule has 0 spiro atoms. The van der Waals surface area contributed by atoms with Crippen LogP contribution >= 0.6 is 0 Å². The quantitative estimate of drug-likeness (QED) is 0.127. The molecule has 13 rings (SSSR count). The lowest BCUT2D eigenvalue weighted by Crippen LogP contribution is -2.55. The number of nitrogens with zero attached hydrogens (tertiary/aromatic N) is 2. The van der Waals surface area contributed by atoms with E-state index in [9.17, 15) is 0 Å². The van der Waals surface area contributed by atoms with Crippen molar-refractivity contribution in [3.05, 3.63) is 382 Å². The summed E-state index contributed by atoms with van der Waals surface area (Å²) in [7, 11) is 0. The summed E-state index contributed by atoms with van der Waals surface area (Å²) in [4.78, 5) is 5.32. The number of hydrogen-bond acceptors (Lipinski definition) is 2. The molecular weight excluding hydrogens is 900 g/mol. The lowest BCUT2D eigenvalue weighted by Gasteiger charge is -2.52. The minimum Gasteiger partial charge on any atom is -0.336 e. The molecule has 11 aromatic carbocycles. The van der Waals surface area contributed by atoms with E-state index in [1.165, 1.54) is 0 Å². The first-order valence-corrected chi connectivity index (χ1v) is 25.6. The van der Waals surface area contributed by atoms with Gasteiger partial charge in [-0.15, -0.1) is 0 Å². The van der Waals surface area contributed by atoms with Gasteiger partial charge >= 0.3 is 0 Å². The maximum atomic E-state index is 16.9. The molecule has 3 heteroatoms. The van der Waals surface area contributed by atoms with Gasteiger partial charge in [-0.25, -0.2) is 4.39 Å². The summed E-state index contributed by atoms with van der Waals surface area (Å²) in [5, 5.41) is 0. The SMILES string of the molecule is FCc1cc(N2C(c3ccccc3)(c3ccccc3)c3ccccc3C2(c2ccccc2)c2ccccc2)cc(N2C(c3ccccc3)(c3ccccc3)c3ccccc3C2(c2ccccc2)c2ccccc2)c1. The van der Waals surface area contributed by atoms with Crippen LogP contribution in [0.2, 0.25) is 0 Å². The van der Waals surface area contributed by atoms with Crippen molar-refractivity contribution in [2.75, 3.05) is 9.80 Å². The van der Waals surface area contributed by atoms with Gasteiger partial charge in [-0.3, -0.25) is 0 Å². The molecular formula is C71H53FN2. The van der Waals surface area contributed by atoms with Crippen molar-refractivity contribution >= 4 is 11.4 Å². The van der Waals surface area contributed by atoms with Gasteiger partial charge in [-0.05, 0) is 90.5 Å². The monoisotopic (exact) mass is 952 g/mol. The third-order valence-corrected chi connectivity index (χ3v) is 15.9. The van der Waals surface area contributed by atoms with E-state index in [0.29, 0.717) is 5.56 Å². The first kappa shape index (κ1) is 44.9. The van der Waals surface area contributed by atoms with Crippen molar-refractivity contribution in [2.24, 2.45) is 0 Å². The third kappa shape index (κ3) is 6.36. The minimum atomic E-state index is -0.961. The van der Waals surface area contributed by atoms with E-state index in [1.807, 2.05) is 0 Å². The maximum absolute atomic E-state index is 16.9. The summed E-state index contributed by atoms with van der Waals surface area (Å²) in [5.74, 6) is 0. The van der Waals surface area contributed by atoms with Crippen molar-refractivity contribution in [1.29, 1.82) is 0 Å². The minimum absolute atomic E-state index is 0.569. The van der Waals surface area contributed by atoms with Gasteiger partial charge < -0.3 is 9.80 Å². The number of benzene rings is 11. The van der Waals surface area contributed by atoms with Gasteiger partial charge in [0, 0.05) is 11.4 Å². The molecule has 354 valence electrons. The Hall–Kier alpha value is -9.05. The lowest BCUT2D eigenvalue weighted by atomic mass is 9.76. The zero-order chi connectivity index (χ0) is 49.6. The van der Waals surface area contributed by atoms with E-state index < -0.39 is 28.8 Å². The molecule has 2 heterocycles. The van der Waals surface area contributed by atoms with Crippen molar-refractivity contribution < 1.29 is 4.39 Å². The molecule has 0 saturated carbocycles. The van der Waals surface area contributed by atoms with E-state index in [1.54, 1.807) is 0 Å². The topological polar surface area (TPSA) is 6.48 Å². The molecule has 0 aromatic heterocycles. The Kier molecular flexibility index (Phi) is 11.0. The van der Waals surface area contributed by atoms with E-state index in [4.69, 9.17) is 0 Å². The number of anilines is 2. The number of alkyl halides is 1. The van der Waals surface area contributed by atoms with E-state index in [2.05, 4.69) is 319 Å². The van der Waals surface area contributed by atoms with Crippen LogP contribution in [0.3, 0.4) is 0 Å². The molecule has 0 radical (unpaired) electrons. The molecule has 0 bridgehead atoms. The predicted molar refractivity (Wildman–Crippen MR) is 300 cm³/mol. The highest BCUT2D eigenvalue weighted by Gasteiger charge is 2.64. The van der Waals surface area contributed by atoms with Crippen LogP contribution in [0.1, 0.15) is 72.3 Å². The average molecular weight is 953 g/mol. The maximum Gasteiger partial charge on any atom is 0.118 e.